The largest absolute Gasteiger partial charge is 0.377 e. The topological polar surface area (TPSA) is 81.9 Å². The summed E-state index contributed by atoms with van der Waals surface area (Å²) in [6, 6.07) is 4.76. The molecule has 0 spiro atoms. The van der Waals surface area contributed by atoms with Crippen molar-refractivity contribution in [1.82, 2.24) is 19.7 Å². The van der Waals surface area contributed by atoms with Crippen LogP contribution in [-0.2, 0) is 4.74 Å². The van der Waals surface area contributed by atoms with Crippen LogP contribution in [0.5, 0.6) is 0 Å². The van der Waals surface area contributed by atoms with E-state index in [9.17, 15) is 4.79 Å². The third kappa shape index (κ3) is 2.99. The minimum atomic E-state index is -0.147. The molecule has 22 heavy (non-hydrogen) atoms. The summed E-state index contributed by atoms with van der Waals surface area (Å²) in [5.41, 5.74) is -0.129. The highest BCUT2D eigenvalue weighted by atomic mass is 16.5. The Labute approximate surface area is 128 Å². The summed E-state index contributed by atoms with van der Waals surface area (Å²) in [5.74, 6) is 1.79. The lowest BCUT2D eigenvalue weighted by Gasteiger charge is -2.20. The standard InChI is InChI=1S/C15H19N5O2/c1-10(2)15-16-7-5-13(19-15)18-11-8-22-9-12(11)20-14(21)4-3-6-17-20/h3-7,10-12H,8-9H2,1-2H3,(H,16,18,19). The molecule has 0 radical (unpaired) electrons. The number of anilines is 1. The van der Waals surface area contributed by atoms with Gasteiger partial charge in [0.2, 0.25) is 0 Å². The fourth-order valence-corrected chi connectivity index (χ4v) is 2.46. The van der Waals surface area contributed by atoms with Crippen molar-refractivity contribution in [2.75, 3.05) is 18.5 Å². The highest BCUT2D eigenvalue weighted by molar-refractivity contribution is 5.35. The fourth-order valence-electron chi connectivity index (χ4n) is 2.46. The van der Waals surface area contributed by atoms with E-state index in [1.807, 2.05) is 19.9 Å². The molecule has 1 saturated heterocycles. The summed E-state index contributed by atoms with van der Waals surface area (Å²) in [5, 5.41) is 7.49. The average Bonchev–Trinajstić information content (AvgIpc) is 2.96. The molecule has 0 saturated carbocycles. The van der Waals surface area contributed by atoms with Crippen LogP contribution in [0.4, 0.5) is 5.82 Å². The molecule has 1 N–H and O–H groups in total. The van der Waals surface area contributed by atoms with Gasteiger partial charge in [-0.15, -0.1) is 0 Å². The van der Waals surface area contributed by atoms with Crippen LogP contribution in [-0.4, -0.2) is 39.0 Å². The Bertz CT molecular complexity index is 700. The maximum Gasteiger partial charge on any atom is 0.267 e. The molecule has 0 aliphatic carbocycles. The van der Waals surface area contributed by atoms with Gasteiger partial charge in [0.25, 0.3) is 5.56 Å². The van der Waals surface area contributed by atoms with Gasteiger partial charge >= 0.3 is 0 Å². The molecule has 1 fully saturated rings. The van der Waals surface area contributed by atoms with Crippen LogP contribution in [0.2, 0.25) is 0 Å². The van der Waals surface area contributed by atoms with E-state index in [0.717, 1.165) is 11.6 Å². The molecule has 1 aliphatic heterocycles. The number of nitrogens with one attached hydrogen (secondary N) is 1. The molecule has 0 aromatic carbocycles. The highest BCUT2D eigenvalue weighted by Crippen LogP contribution is 2.21. The second-order valence-electron chi connectivity index (χ2n) is 5.62. The maximum atomic E-state index is 11.9. The number of ether oxygens (including phenoxy) is 1. The van der Waals surface area contributed by atoms with Crippen LogP contribution in [0.1, 0.15) is 31.6 Å². The third-order valence-corrected chi connectivity index (χ3v) is 3.63. The van der Waals surface area contributed by atoms with Gasteiger partial charge in [-0.2, -0.15) is 5.10 Å². The van der Waals surface area contributed by atoms with Crippen LogP contribution in [0, 0.1) is 0 Å². The molecule has 7 heteroatoms. The van der Waals surface area contributed by atoms with Gasteiger partial charge in [0, 0.05) is 24.4 Å². The Hall–Kier alpha value is -2.28. The number of rotatable bonds is 4. The van der Waals surface area contributed by atoms with Crippen molar-refractivity contribution in [2.24, 2.45) is 0 Å². The zero-order valence-corrected chi connectivity index (χ0v) is 12.6. The van der Waals surface area contributed by atoms with Gasteiger partial charge in [0.1, 0.15) is 17.7 Å². The Kier molecular flexibility index (Phi) is 4.15. The number of nitrogens with zero attached hydrogens (tertiary/aromatic N) is 4. The van der Waals surface area contributed by atoms with Crippen LogP contribution in [0.3, 0.4) is 0 Å². The SMILES string of the molecule is CC(C)c1nccc(NC2COCC2n2ncccc2=O)n1. The monoisotopic (exact) mass is 301 g/mol. The summed E-state index contributed by atoms with van der Waals surface area (Å²) in [6.45, 7) is 5.06. The zero-order chi connectivity index (χ0) is 15.5. The molecule has 2 atom stereocenters. The summed E-state index contributed by atoms with van der Waals surface area (Å²) < 4.78 is 6.99. The Morgan fingerprint density at radius 2 is 2.18 bits per heavy atom. The first kappa shape index (κ1) is 14.6. The molecule has 3 rings (SSSR count). The van der Waals surface area contributed by atoms with Crippen molar-refractivity contribution >= 4 is 5.82 Å². The minimum absolute atomic E-state index is 0.0532. The average molecular weight is 301 g/mol. The van der Waals surface area contributed by atoms with E-state index >= 15 is 0 Å². The smallest absolute Gasteiger partial charge is 0.267 e. The van der Waals surface area contributed by atoms with Crippen LogP contribution in [0.25, 0.3) is 0 Å². The second kappa shape index (κ2) is 6.23. The van der Waals surface area contributed by atoms with Gasteiger partial charge in [-0.1, -0.05) is 13.8 Å². The molecular formula is C15H19N5O2. The molecule has 0 amide bonds. The van der Waals surface area contributed by atoms with E-state index in [1.165, 1.54) is 10.7 Å². The predicted octanol–water partition coefficient (Wildman–Crippen LogP) is 1.21. The van der Waals surface area contributed by atoms with Gasteiger partial charge in [-0.3, -0.25) is 4.79 Å². The van der Waals surface area contributed by atoms with Gasteiger partial charge in [0.05, 0.1) is 19.3 Å². The van der Waals surface area contributed by atoms with Crippen molar-refractivity contribution in [3.05, 3.63) is 46.8 Å². The van der Waals surface area contributed by atoms with Gasteiger partial charge in [-0.25, -0.2) is 14.6 Å². The molecule has 0 bridgehead atoms. The van der Waals surface area contributed by atoms with Crippen molar-refractivity contribution in [2.45, 2.75) is 31.8 Å². The molecule has 2 unspecified atom stereocenters. The first-order chi connectivity index (χ1) is 10.6. The van der Waals surface area contributed by atoms with Gasteiger partial charge < -0.3 is 10.1 Å². The van der Waals surface area contributed by atoms with Crippen molar-refractivity contribution in [1.29, 1.82) is 0 Å². The van der Waals surface area contributed by atoms with Crippen LogP contribution >= 0.6 is 0 Å². The highest BCUT2D eigenvalue weighted by Gasteiger charge is 2.31. The second-order valence-corrected chi connectivity index (χ2v) is 5.62. The summed E-state index contributed by atoms with van der Waals surface area (Å²) in [7, 11) is 0. The van der Waals surface area contributed by atoms with E-state index in [2.05, 4.69) is 20.4 Å². The lowest BCUT2D eigenvalue weighted by atomic mass is 10.1. The molecule has 2 aromatic heterocycles. The van der Waals surface area contributed by atoms with E-state index in [1.54, 1.807) is 18.5 Å². The minimum Gasteiger partial charge on any atom is -0.377 e. The lowest BCUT2D eigenvalue weighted by Crippen LogP contribution is -2.37. The third-order valence-electron chi connectivity index (χ3n) is 3.63. The van der Waals surface area contributed by atoms with E-state index in [4.69, 9.17) is 4.74 Å². The summed E-state index contributed by atoms with van der Waals surface area (Å²) >= 11 is 0. The Balaban J connectivity index is 1.81. The van der Waals surface area contributed by atoms with E-state index in [-0.39, 0.29) is 23.6 Å². The van der Waals surface area contributed by atoms with E-state index < -0.39 is 0 Å². The molecule has 116 valence electrons. The Morgan fingerprint density at radius 3 is 2.95 bits per heavy atom. The summed E-state index contributed by atoms with van der Waals surface area (Å²) in [4.78, 5) is 20.7. The first-order valence-electron chi connectivity index (χ1n) is 7.36. The zero-order valence-electron chi connectivity index (χ0n) is 12.6. The molecule has 7 nitrogen and oxygen atoms in total. The quantitative estimate of drug-likeness (QED) is 0.914. The molecule has 3 heterocycles. The van der Waals surface area contributed by atoms with Crippen LogP contribution in [0.15, 0.2) is 35.4 Å². The molecule has 2 aromatic rings. The first-order valence-corrected chi connectivity index (χ1v) is 7.36. The number of hydrogen-bond acceptors (Lipinski definition) is 6. The fraction of sp³-hybridized carbons (Fsp3) is 0.467. The summed E-state index contributed by atoms with van der Waals surface area (Å²) in [6.07, 6.45) is 3.35. The number of hydrogen-bond donors (Lipinski definition) is 1. The lowest BCUT2D eigenvalue weighted by molar-refractivity contribution is 0.182. The van der Waals surface area contributed by atoms with Gasteiger partial charge in [0.15, 0.2) is 0 Å². The van der Waals surface area contributed by atoms with Crippen molar-refractivity contribution < 1.29 is 4.74 Å². The number of aromatic nitrogens is 4. The van der Waals surface area contributed by atoms with Crippen LogP contribution < -0.4 is 10.9 Å². The molecular weight excluding hydrogens is 282 g/mol. The Morgan fingerprint density at radius 1 is 1.32 bits per heavy atom. The van der Waals surface area contributed by atoms with Crippen molar-refractivity contribution in [3.63, 3.8) is 0 Å². The maximum absolute atomic E-state index is 11.9. The predicted molar refractivity (Wildman–Crippen MR) is 81.9 cm³/mol. The van der Waals surface area contributed by atoms with Crippen molar-refractivity contribution in [3.8, 4) is 0 Å². The van der Waals surface area contributed by atoms with E-state index in [0.29, 0.717) is 13.2 Å². The van der Waals surface area contributed by atoms with Gasteiger partial charge in [-0.05, 0) is 12.1 Å². The normalized spacial score (nSPS) is 21.2. The molecule has 1 aliphatic rings.